The standard InChI is InChI=1S/C13H23N3O2S2/c1-9-7-12(15-14)8-10(2)13(9)20(17,18)16-11(3)5-6-19-4/h7-8,11,15-16H,5-6,14H2,1-4H3. The number of anilines is 1. The van der Waals surface area contributed by atoms with E-state index in [1.165, 1.54) is 0 Å². The molecule has 0 aliphatic carbocycles. The molecule has 0 fully saturated rings. The Labute approximate surface area is 125 Å². The minimum Gasteiger partial charge on any atom is -0.324 e. The predicted octanol–water partition coefficient (Wildman–Crippen LogP) is 2.01. The summed E-state index contributed by atoms with van der Waals surface area (Å²) >= 11 is 1.71. The maximum atomic E-state index is 12.5. The second-order valence-corrected chi connectivity index (χ2v) is 7.52. The fourth-order valence-corrected chi connectivity index (χ4v) is 4.46. The van der Waals surface area contributed by atoms with Crippen molar-refractivity contribution in [3.63, 3.8) is 0 Å². The molecular weight excluding hydrogens is 294 g/mol. The van der Waals surface area contributed by atoms with E-state index >= 15 is 0 Å². The Morgan fingerprint density at radius 2 is 1.85 bits per heavy atom. The Balaban J connectivity index is 3.04. The summed E-state index contributed by atoms with van der Waals surface area (Å²) in [4.78, 5) is 0.340. The lowest BCUT2D eigenvalue weighted by molar-refractivity contribution is 0.556. The van der Waals surface area contributed by atoms with Gasteiger partial charge in [-0.2, -0.15) is 11.8 Å². The van der Waals surface area contributed by atoms with Crippen molar-refractivity contribution in [3.05, 3.63) is 23.3 Å². The zero-order chi connectivity index (χ0) is 15.3. The molecule has 0 aromatic heterocycles. The number of hydrogen-bond donors (Lipinski definition) is 3. The third-order valence-corrected chi connectivity index (χ3v) is 5.55. The number of nitrogens with one attached hydrogen (secondary N) is 2. The summed E-state index contributed by atoms with van der Waals surface area (Å²) in [6.07, 6.45) is 2.81. The van der Waals surface area contributed by atoms with Gasteiger partial charge in [0.2, 0.25) is 10.0 Å². The van der Waals surface area contributed by atoms with Crippen LogP contribution in [0.25, 0.3) is 0 Å². The lowest BCUT2D eigenvalue weighted by Crippen LogP contribution is -2.33. The Hall–Kier alpha value is -0.760. The SMILES string of the molecule is CSCCC(C)NS(=O)(=O)c1c(C)cc(NN)cc1C. The van der Waals surface area contributed by atoms with E-state index in [1.807, 2.05) is 13.2 Å². The Morgan fingerprint density at radius 1 is 1.30 bits per heavy atom. The second kappa shape index (κ2) is 7.31. The molecule has 0 amide bonds. The average Bonchev–Trinajstić information content (AvgIpc) is 2.34. The van der Waals surface area contributed by atoms with E-state index in [0.29, 0.717) is 21.7 Å². The fraction of sp³-hybridized carbons (Fsp3) is 0.538. The van der Waals surface area contributed by atoms with Crippen LogP contribution in [-0.2, 0) is 10.0 Å². The molecule has 1 rings (SSSR count). The van der Waals surface area contributed by atoms with E-state index in [-0.39, 0.29) is 6.04 Å². The molecule has 0 aliphatic heterocycles. The van der Waals surface area contributed by atoms with Crippen LogP contribution in [0.3, 0.4) is 0 Å². The lowest BCUT2D eigenvalue weighted by atomic mass is 10.1. The highest BCUT2D eigenvalue weighted by Gasteiger charge is 2.22. The molecule has 1 unspecified atom stereocenters. The van der Waals surface area contributed by atoms with Crippen LogP contribution in [0.5, 0.6) is 0 Å². The molecule has 0 bridgehead atoms. The van der Waals surface area contributed by atoms with Crippen molar-refractivity contribution in [1.82, 2.24) is 4.72 Å². The number of nitrogen functional groups attached to an aromatic ring is 1. The summed E-state index contributed by atoms with van der Waals surface area (Å²) < 4.78 is 27.7. The summed E-state index contributed by atoms with van der Waals surface area (Å²) in [6.45, 7) is 5.43. The summed E-state index contributed by atoms with van der Waals surface area (Å²) in [6, 6.07) is 3.38. The number of nitrogens with two attached hydrogens (primary N) is 1. The van der Waals surface area contributed by atoms with Crippen LogP contribution in [-0.4, -0.2) is 26.5 Å². The minimum atomic E-state index is -3.50. The first-order valence-electron chi connectivity index (χ1n) is 6.41. The van der Waals surface area contributed by atoms with E-state index < -0.39 is 10.0 Å². The molecule has 0 aliphatic rings. The smallest absolute Gasteiger partial charge is 0.241 e. The molecule has 0 radical (unpaired) electrons. The van der Waals surface area contributed by atoms with Gasteiger partial charge < -0.3 is 5.43 Å². The first-order chi connectivity index (χ1) is 9.31. The van der Waals surface area contributed by atoms with Crippen LogP contribution in [0.2, 0.25) is 0 Å². The van der Waals surface area contributed by atoms with Gasteiger partial charge >= 0.3 is 0 Å². The molecule has 7 heteroatoms. The number of benzene rings is 1. The molecule has 1 atom stereocenters. The van der Waals surface area contributed by atoms with E-state index in [2.05, 4.69) is 10.1 Å². The Bertz CT molecular complexity index is 536. The van der Waals surface area contributed by atoms with Crippen molar-refractivity contribution in [1.29, 1.82) is 0 Å². The summed E-state index contributed by atoms with van der Waals surface area (Å²) in [7, 11) is -3.50. The van der Waals surface area contributed by atoms with E-state index in [1.54, 1.807) is 37.7 Å². The number of thioether (sulfide) groups is 1. The third kappa shape index (κ3) is 4.37. The Morgan fingerprint density at radius 3 is 2.30 bits per heavy atom. The normalized spacial score (nSPS) is 13.2. The molecule has 0 spiro atoms. The van der Waals surface area contributed by atoms with Crippen LogP contribution in [0.1, 0.15) is 24.5 Å². The van der Waals surface area contributed by atoms with Gasteiger partial charge in [-0.25, -0.2) is 13.1 Å². The van der Waals surface area contributed by atoms with Crippen molar-refractivity contribution in [3.8, 4) is 0 Å². The van der Waals surface area contributed by atoms with Gasteiger partial charge in [-0.05, 0) is 62.5 Å². The van der Waals surface area contributed by atoms with E-state index in [9.17, 15) is 8.42 Å². The highest BCUT2D eigenvalue weighted by atomic mass is 32.2. The summed E-state index contributed by atoms with van der Waals surface area (Å²) in [5, 5.41) is 0. The maximum Gasteiger partial charge on any atom is 0.241 e. The molecule has 1 aromatic rings. The van der Waals surface area contributed by atoms with Crippen LogP contribution in [0.15, 0.2) is 17.0 Å². The van der Waals surface area contributed by atoms with Gasteiger partial charge in [-0.3, -0.25) is 5.84 Å². The van der Waals surface area contributed by atoms with Gasteiger partial charge in [0, 0.05) is 11.7 Å². The van der Waals surface area contributed by atoms with Gasteiger partial charge in [0.1, 0.15) is 0 Å². The number of aryl methyl sites for hydroxylation is 2. The highest BCUT2D eigenvalue weighted by molar-refractivity contribution is 7.98. The first-order valence-corrected chi connectivity index (χ1v) is 9.28. The Kier molecular flexibility index (Phi) is 6.32. The topological polar surface area (TPSA) is 84.2 Å². The molecular formula is C13H23N3O2S2. The van der Waals surface area contributed by atoms with Gasteiger partial charge in [-0.1, -0.05) is 0 Å². The summed E-state index contributed by atoms with van der Waals surface area (Å²) in [5.74, 6) is 6.29. The van der Waals surface area contributed by atoms with E-state index in [4.69, 9.17) is 5.84 Å². The van der Waals surface area contributed by atoms with Crippen molar-refractivity contribution < 1.29 is 8.42 Å². The third-order valence-electron chi connectivity index (χ3n) is 3.01. The maximum absolute atomic E-state index is 12.5. The van der Waals surface area contributed by atoms with Crippen molar-refractivity contribution in [2.24, 2.45) is 5.84 Å². The molecule has 4 N–H and O–H groups in total. The number of hydrogen-bond acceptors (Lipinski definition) is 5. The molecule has 1 aromatic carbocycles. The van der Waals surface area contributed by atoms with Crippen molar-refractivity contribution in [2.75, 3.05) is 17.4 Å². The van der Waals surface area contributed by atoms with Gasteiger partial charge in [0.15, 0.2) is 0 Å². The molecule has 0 heterocycles. The average molecular weight is 317 g/mol. The van der Waals surface area contributed by atoms with Gasteiger partial charge in [0.25, 0.3) is 0 Å². The lowest BCUT2D eigenvalue weighted by Gasteiger charge is -2.17. The van der Waals surface area contributed by atoms with Gasteiger partial charge in [0.05, 0.1) is 4.90 Å². The number of hydrazine groups is 1. The monoisotopic (exact) mass is 317 g/mol. The zero-order valence-corrected chi connectivity index (χ0v) is 14.0. The number of sulfonamides is 1. The summed E-state index contributed by atoms with van der Waals surface area (Å²) in [5.41, 5.74) is 4.61. The molecule has 20 heavy (non-hydrogen) atoms. The minimum absolute atomic E-state index is 0.0847. The van der Waals surface area contributed by atoms with Crippen molar-refractivity contribution >= 4 is 27.5 Å². The van der Waals surface area contributed by atoms with Gasteiger partial charge in [-0.15, -0.1) is 0 Å². The van der Waals surface area contributed by atoms with Crippen LogP contribution >= 0.6 is 11.8 Å². The van der Waals surface area contributed by atoms with Crippen LogP contribution in [0, 0.1) is 13.8 Å². The molecule has 0 saturated carbocycles. The van der Waals surface area contributed by atoms with Crippen LogP contribution < -0.4 is 16.0 Å². The largest absolute Gasteiger partial charge is 0.324 e. The highest BCUT2D eigenvalue weighted by Crippen LogP contribution is 2.24. The first kappa shape index (κ1) is 17.3. The van der Waals surface area contributed by atoms with Crippen LogP contribution in [0.4, 0.5) is 5.69 Å². The molecule has 0 saturated heterocycles. The number of rotatable bonds is 7. The molecule has 114 valence electrons. The van der Waals surface area contributed by atoms with E-state index in [0.717, 1.165) is 12.2 Å². The predicted molar refractivity (Wildman–Crippen MR) is 86.5 cm³/mol. The molecule has 5 nitrogen and oxygen atoms in total. The second-order valence-electron chi connectivity index (χ2n) is 4.89. The fourth-order valence-electron chi connectivity index (χ4n) is 2.13. The zero-order valence-electron chi connectivity index (χ0n) is 12.4. The van der Waals surface area contributed by atoms with Crippen molar-refractivity contribution in [2.45, 2.75) is 38.1 Å². The quantitative estimate of drug-likeness (QED) is 0.529.